The predicted octanol–water partition coefficient (Wildman–Crippen LogP) is 1.27. The Balaban J connectivity index is 2.63. The van der Waals surface area contributed by atoms with Gasteiger partial charge in [-0.05, 0) is 31.5 Å². The number of aryl methyl sites for hydroxylation is 2. The van der Waals surface area contributed by atoms with Crippen LogP contribution in [0, 0.1) is 13.8 Å². The number of rotatable bonds is 2. The zero-order chi connectivity index (χ0) is 14.9. The molecule has 0 aliphatic rings. The van der Waals surface area contributed by atoms with Crippen LogP contribution in [-0.4, -0.2) is 10.5 Å². The standard InChI is InChI=1S/C15H17N3O2/c1-9-4-5-11(10(2)8-9)13-7-6-12(14(19)17-16)15(20)18(13)3/h4-8H,16H2,1-3H3,(H,17,19). The minimum Gasteiger partial charge on any atom is -0.311 e. The summed E-state index contributed by atoms with van der Waals surface area (Å²) in [7, 11) is 1.64. The van der Waals surface area contributed by atoms with Crippen LogP contribution < -0.4 is 16.8 Å². The molecule has 0 aliphatic heterocycles. The van der Waals surface area contributed by atoms with Gasteiger partial charge >= 0.3 is 0 Å². The van der Waals surface area contributed by atoms with Gasteiger partial charge < -0.3 is 4.57 Å². The Labute approximate surface area is 117 Å². The van der Waals surface area contributed by atoms with Crippen molar-refractivity contribution in [1.29, 1.82) is 0 Å². The topological polar surface area (TPSA) is 77.1 Å². The van der Waals surface area contributed by atoms with Crippen LogP contribution in [0.15, 0.2) is 35.1 Å². The highest BCUT2D eigenvalue weighted by Gasteiger charge is 2.13. The van der Waals surface area contributed by atoms with Crippen molar-refractivity contribution in [3.63, 3.8) is 0 Å². The second-order valence-corrected chi connectivity index (χ2v) is 4.79. The highest BCUT2D eigenvalue weighted by atomic mass is 16.2. The van der Waals surface area contributed by atoms with Crippen LogP contribution in [0.3, 0.4) is 0 Å². The smallest absolute Gasteiger partial charge is 0.270 e. The molecular formula is C15H17N3O2. The van der Waals surface area contributed by atoms with Crippen LogP contribution in [0.1, 0.15) is 21.5 Å². The number of hydrazine groups is 1. The minimum atomic E-state index is -0.585. The van der Waals surface area contributed by atoms with E-state index >= 15 is 0 Å². The Hall–Kier alpha value is -2.40. The molecule has 0 atom stereocenters. The molecule has 2 aromatic rings. The van der Waals surface area contributed by atoms with E-state index in [0.717, 1.165) is 22.4 Å². The predicted molar refractivity (Wildman–Crippen MR) is 78.2 cm³/mol. The van der Waals surface area contributed by atoms with E-state index in [9.17, 15) is 9.59 Å². The van der Waals surface area contributed by atoms with Gasteiger partial charge in [0.1, 0.15) is 5.56 Å². The molecule has 5 heteroatoms. The van der Waals surface area contributed by atoms with Gasteiger partial charge in [0.25, 0.3) is 11.5 Å². The van der Waals surface area contributed by atoms with Crippen LogP contribution in [-0.2, 0) is 7.05 Å². The number of nitrogen functional groups attached to an aromatic ring is 1. The summed E-state index contributed by atoms with van der Waals surface area (Å²) in [5, 5.41) is 0. The number of pyridine rings is 1. The largest absolute Gasteiger partial charge is 0.311 e. The fourth-order valence-electron chi connectivity index (χ4n) is 2.26. The number of amides is 1. The molecule has 104 valence electrons. The van der Waals surface area contributed by atoms with Crippen molar-refractivity contribution >= 4 is 5.91 Å². The van der Waals surface area contributed by atoms with E-state index in [2.05, 4.69) is 6.07 Å². The third kappa shape index (κ3) is 2.35. The first-order valence-electron chi connectivity index (χ1n) is 6.24. The van der Waals surface area contributed by atoms with Crippen molar-refractivity contribution in [2.24, 2.45) is 12.9 Å². The van der Waals surface area contributed by atoms with E-state index in [1.54, 1.807) is 13.1 Å². The van der Waals surface area contributed by atoms with Crippen molar-refractivity contribution in [3.05, 3.63) is 57.4 Å². The SMILES string of the molecule is Cc1ccc(-c2ccc(C(=O)NN)c(=O)n2C)c(C)c1. The monoisotopic (exact) mass is 271 g/mol. The first kappa shape index (κ1) is 14.0. The van der Waals surface area contributed by atoms with Crippen molar-refractivity contribution in [1.82, 2.24) is 9.99 Å². The summed E-state index contributed by atoms with van der Waals surface area (Å²) < 4.78 is 1.46. The van der Waals surface area contributed by atoms with Gasteiger partial charge in [-0.25, -0.2) is 5.84 Å². The molecule has 1 heterocycles. The van der Waals surface area contributed by atoms with Gasteiger partial charge in [0.15, 0.2) is 0 Å². The van der Waals surface area contributed by atoms with Gasteiger partial charge in [-0.15, -0.1) is 0 Å². The van der Waals surface area contributed by atoms with Crippen LogP contribution in [0.5, 0.6) is 0 Å². The van der Waals surface area contributed by atoms with Crippen LogP contribution in [0.4, 0.5) is 0 Å². The van der Waals surface area contributed by atoms with Gasteiger partial charge in [0.2, 0.25) is 0 Å². The summed E-state index contributed by atoms with van der Waals surface area (Å²) >= 11 is 0. The summed E-state index contributed by atoms with van der Waals surface area (Å²) in [5.74, 6) is 4.48. The van der Waals surface area contributed by atoms with E-state index < -0.39 is 5.91 Å². The number of hydrogen-bond acceptors (Lipinski definition) is 3. The molecule has 1 aromatic carbocycles. The van der Waals surface area contributed by atoms with Crippen LogP contribution >= 0.6 is 0 Å². The zero-order valence-electron chi connectivity index (χ0n) is 11.7. The first-order chi connectivity index (χ1) is 9.45. The summed E-state index contributed by atoms with van der Waals surface area (Å²) in [6, 6.07) is 9.28. The molecule has 0 saturated carbocycles. The second kappa shape index (κ2) is 5.30. The quantitative estimate of drug-likeness (QED) is 0.490. The van der Waals surface area contributed by atoms with Gasteiger partial charge in [0.05, 0.1) is 5.69 Å². The molecule has 20 heavy (non-hydrogen) atoms. The van der Waals surface area contributed by atoms with Crippen molar-refractivity contribution < 1.29 is 4.79 Å². The molecule has 5 nitrogen and oxygen atoms in total. The normalized spacial score (nSPS) is 10.4. The molecule has 0 fully saturated rings. The van der Waals surface area contributed by atoms with Crippen molar-refractivity contribution in [2.75, 3.05) is 0 Å². The Kier molecular flexibility index (Phi) is 3.72. The summed E-state index contributed by atoms with van der Waals surface area (Å²) in [6.07, 6.45) is 0. The van der Waals surface area contributed by atoms with Crippen LogP contribution in [0.25, 0.3) is 11.3 Å². The molecule has 0 spiro atoms. The summed E-state index contributed by atoms with van der Waals surface area (Å²) in [4.78, 5) is 23.7. The number of carbonyl (C=O) groups is 1. The Morgan fingerprint density at radius 3 is 2.50 bits per heavy atom. The lowest BCUT2D eigenvalue weighted by Crippen LogP contribution is -2.36. The van der Waals surface area contributed by atoms with Crippen molar-refractivity contribution in [2.45, 2.75) is 13.8 Å². The lowest BCUT2D eigenvalue weighted by molar-refractivity contribution is 0.0951. The molecular weight excluding hydrogens is 254 g/mol. The Morgan fingerprint density at radius 2 is 1.90 bits per heavy atom. The fourth-order valence-corrected chi connectivity index (χ4v) is 2.26. The molecule has 0 bridgehead atoms. The van der Waals surface area contributed by atoms with E-state index in [1.165, 1.54) is 10.6 Å². The molecule has 1 aromatic heterocycles. The van der Waals surface area contributed by atoms with Gasteiger partial charge in [-0.3, -0.25) is 15.0 Å². The third-order valence-electron chi connectivity index (χ3n) is 3.34. The number of nitrogens with two attached hydrogens (primary N) is 1. The molecule has 3 N–H and O–H groups in total. The molecule has 0 aliphatic carbocycles. The molecule has 0 unspecified atom stereocenters. The number of nitrogens with zero attached hydrogens (tertiary/aromatic N) is 1. The maximum absolute atomic E-state index is 12.2. The number of benzene rings is 1. The number of nitrogens with one attached hydrogen (secondary N) is 1. The van der Waals surface area contributed by atoms with Crippen molar-refractivity contribution in [3.8, 4) is 11.3 Å². The zero-order valence-corrected chi connectivity index (χ0v) is 11.7. The molecule has 0 radical (unpaired) electrons. The van der Waals surface area contributed by atoms with Crippen LogP contribution in [0.2, 0.25) is 0 Å². The second-order valence-electron chi connectivity index (χ2n) is 4.79. The van der Waals surface area contributed by atoms with Gasteiger partial charge in [-0.1, -0.05) is 23.8 Å². The molecule has 0 saturated heterocycles. The lowest BCUT2D eigenvalue weighted by atomic mass is 10.0. The maximum Gasteiger partial charge on any atom is 0.270 e. The Morgan fingerprint density at radius 1 is 1.20 bits per heavy atom. The minimum absolute atomic E-state index is 0.0310. The Bertz CT molecular complexity index is 732. The number of carbonyl (C=O) groups excluding carboxylic acids is 1. The van der Waals surface area contributed by atoms with E-state index in [0.29, 0.717) is 0 Å². The first-order valence-corrected chi connectivity index (χ1v) is 6.24. The van der Waals surface area contributed by atoms with E-state index in [1.807, 2.05) is 31.4 Å². The van der Waals surface area contributed by atoms with E-state index in [-0.39, 0.29) is 11.1 Å². The summed E-state index contributed by atoms with van der Waals surface area (Å²) in [5.41, 5.74) is 5.61. The third-order valence-corrected chi connectivity index (χ3v) is 3.34. The van der Waals surface area contributed by atoms with Gasteiger partial charge in [0, 0.05) is 12.6 Å². The highest BCUT2D eigenvalue weighted by molar-refractivity contribution is 5.93. The lowest BCUT2D eigenvalue weighted by Gasteiger charge is -2.12. The molecule has 2 rings (SSSR count). The number of aromatic nitrogens is 1. The van der Waals surface area contributed by atoms with E-state index in [4.69, 9.17) is 5.84 Å². The average molecular weight is 271 g/mol. The van der Waals surface area contributed by atoms with Gasteiger partial charge in [-0.2, -0.15) is 0 Å². The summed E-state index contributed by atoms with van der Waals surface area (Å²) in [6.45, 7) is 4.01. The highest BCUT2D eigenvalue weighted by Crippen LogP contribution is 2.22. The number of hydrogen-bond donors (Lipinski definition) is 2. The maximum atomic E-state index is 12.2. The average Bonchev–Trinajstić information content (AvgIpc) is 2.42. The molecule has 1 amide bonds. The fraction of sp³-hybridized carbons (Fsp3) is 0.200.